The molecule has 8 nitrogen and oxygen atoms in total. The molecule has 25 heavy (non-hydrogen) atoms. The third-order valence-corrected chi connectivity index (χ3v) is 5.69. The summed E-state index contributed by atoms with van der Waals surface area (Å²) in [5, 5.41) is 2.60. The number of hydrogen-bond acceptors (Lipinski definition) is 5. The van der Waals surface area contributed by atoms with Crippen LogP contribution in [0, 0.1) is 11.3 Å². The van der Waals surface area contributed by atoms with Crippen molar-refractivity contribution in [2.75, 3.05) is 53.6 Å². The van der Waals surface area contributed by atoms with Crippen molar-refractivity contribution in [3.8, 4) is 0 Å². The average Bonchev–Trinajstić information content (AvgIpc) is 2.95. The molecule has 0 aromatic rings. The SMILES string of the molecule is CNC(=O)C1CC(=O)N(C2CN(C(=O)C3(COC)CCOCC3)C2)C1. The van der Waals surface area contributed by atoms with Gasteiger partial charge < -0.3 is 24.6 Å². The average molecular weight is 353 g/mol. The minimum absolute atomic E-state index is 0.00312. The zero-order chi connectivity index (χ0) is 18.0. The monoisotopic (exact) mass is 353 g/mol. The summed E-state index contributed by atoms with van der Waals surface area (Å²) in [4.78, 5) is 40.5. The van der Waals surface area contributed by atoms with E-state index in [9.17, 15) is 14.4 Å². The Labute approximate surface area is 147 Å². The van der Waals surface area contributed by atoms with E-state index in [0.29, 0.717) is 52.3 Å². The lowest BCUT2D eigenvalue weighted by Gasteiger charge is -2.48. The van der Waals surface area contributed by atoms with Crippen LogP contribution in [0.15, 0.2) is 0 Å². The Hall–Kier alpha value is -1.67. The molecule has 1 N–H and O–H groups in total. The van der Waals surface area contributed by atoms with Crippen molar-refractivity contribution in [1.29, 1.82) is 0 Å². The third kappa shape index (κ3) is 3.37. The summed E-state index contributed by atoms with van der Waals surface area (Å²) in [5.74, 6) is -0.270. The third-order valence-electron chi connectivity index (χ3n) is 5.69. The summed E-state index contributed by atoms with van der Waals surface area (Å²) in [5.41, 5.74) is -0.502. The predicted octanol–water partition coefficient (Wildman–Crippen LogP) is -0.765. The smallest absolute Gasteiger partial charge is 0.231 e. The molecule has 3 aliphatic heterocycles. The number of amides is 3. The molecule has 0 spiro atoms. The van der Waals surface area contributed by atoms with E-state index >= 15 is 0 Å². The predicted molar refractivity (Wildman–Crippen MR) is 88.6 cm³/mol. The van der Waals surface area contributed by atoms with Crippen molar-refractivity contribution in [3.63, 3.8) is 0 Å². The van der Waals surface area contributed by atoms with Gasteiger partial charge in [0.1, 0.15) is 0 Å². The first kappa shape index (κ1) is 18.1. The summed E-state index contributed by atoms with van der Waals surface area (Å²) in [6, 6.07) is 0.0190. The molecule has 3 fully saturated rings. The molecule has 0 aliphatic carbocycles. The first-order chi connectivity index (χ1) is 12.0. The van der Waals surface area contributed by atoms with Gasteiger partial charge in [0.25, 0.3) is 0 Å². The van der Waals surface area contributed by atoms with Crippen LogP contribution in [-0.2, 0) is 23.9 Å². The number of nitrogens with zero attached hydrogens (tertiary/aromatic N) is 2. The highest BCUT2D eigenvalue weighted by Crippen LogP contribution is 2.35. The maximum absolute atomic E-state index is 13.0. The van der Waals surface area contributed by atoms with Crippen LogP contribution in [0.1, 0.15) is 19.3 Å². The highest BCUT2D eigenvalue weighted by molar-refractivity contribution is 5.90. The standard InChI is InChI=1S/C17H27N3O5/c1-18-15(22)12-7-14(21)20(8-12)13-9-19(10-13)16(23)17(11-24-2)3-5-25-6-4-17/h12-13H,3-11H2,1-2H3,(H,18,22). The fourth-order valence-electron chi connectivity index (χ4n) is 4.08. The fraction of sp³-hybridized carbons (Fsp3) is 0.824. The molecule has 8 heteroatoms. The van der Waals surface area contributed by atoms with E-state index in [0.717, 1.165) is 0 Å². The molecular formula is C17H27N3O5. The van der Waals surface area contributed by atoms with Gasteiger partial charge in [0.2, 0.25) is 17.7 Å². The second-order valence-electron chi connectivity index (χ2n) is 7.25. The minimum Gasteiger partial charge on any atom is -0.384 e. The Morgan fingerprint density at radius 2 is 1.96 bits per heavy atom. The van der Waals surface area contributed by atoms with Crippen LogP contribution >= 0.6 is 0 Å². The molecule has 140 valence electrons. The maximum Gasteiger partial charge on any atom is 0.231 e. The topological polar surface area (TPSA) is 88.2 Å². The van der Waals surface area contributed by atoms with Gasteiger partial charge in [-0.25, -0.2) is 0 Å². The Balaban J connectivity index is 1.57. The number of carbonyl (C=O) groups is 3. The highest BCUT2D eigenvalue weighted by Gasteiger charge is 2.49. The molecule has 3 amide bonds. The maximum atomic E-state index is 13.0. The van der Waals surface area contributed by atoms with Gasteiger partial charge in [-0.05, 0) is 12.8 Å². The highest BCUT2D eigenvalue weighted by atomic mass is 16.5. The van der Waals surface area contributed by atoms with Crippen molar-refractivity contribution in [2.24, 2.45) is 11.3 Å². The lowest BCUT2D eigenvalue weighted by atomic mass is 9.78. The van der Waals surface area contributed by atoms with Gasteiger partial charge in [-0.2, -0.15) is 0 Å². The molecule has 0 aromatic carbocycles. The number of carbonyl (C=O) groups excluding carboxylic acids is 3. The van der Waals surface area contributed by atoms with E-state index in [2.05, 4.69) is 5.32 Å². The lowest BCUT2D eigenvalue weighted by molar-refractivity contribution is -0.162. The number of likely N-dealkylation sites (tertiary alicyclic amines) is 2. The molecule has 0 bridgehead atoms. The van der Waals surface area contributed by atoms with Crippen molar-refractivity contribution in [3.05, 3.63) is 0 Å². The molecule has 0 aromatic heterocycles. The number of nitrogens with one attached hydrogen (secondary N) is 1. The van der Waals surface area contributed by atoms with E-state index < -0.39 is 5.41 Å². The van der Waals surface area contributed by atoms with Crippen LogP contribution in [0.2, 0.25) is 0 Å². The number of rotatable bonds is 5. The molecule has 3 aliphatic rings. The fourth-order valence-corrected chi connectivity index (χ4v) is 4.08. The van der Waals surface area contributed by atoms with Crippen molar-refractivity contribution < 1.29 is 23.9 Å². The van der Waals surface area contributed by atoms with Gasteiger partial charge in [-0.3, -0.25) is 14.4 Å². The molecular weight excluding hydrogens is 326 g/mol. The molecule has 3 heterocycles. The molecule has 0 radical (unpaired) electrons. The van der Waals surface area contributed by atoms with Gasteiger partial charge in [0.05, 0.1) is 24.0 Å². The second-order valence-corrected chi connectivity index (χ2v) is 7.25. The summed E-state index contributed by atoms with van der Waals surface area (Å²) in [6.07, 6.45) is 1.60. The molecule has 1 atom stereocenters. The van der Waals surface area contributed by atoms with E-state index in [4.69, 9.17) is 9.47 Å². The van der Waals surface area contributed by atoms with Gasteiger partial charge in [-0.1, -0.05) is 0 Å². The zero-order valence-corrected chi connectivity index (χ0v) is 15.0. The number of methoxy groups -OCH3 is 1. The van der Waals surface area contributed by atoms with Crippen LogP contribution in [0.3, 0.4) is 0 Å². The Kier molecular flexibility index (Phi) is 5.29. The summed E-state index contributed by atoms with van der Waals surface area (Å²) in [6.45, 7) is 3.07. The van der Waals surface area contributed by atoms with Crippen LogP contribution < -0.4 is 5.32 Å². The first-order valence-corrected chi connectivity index (χ1v) is 8.88. The summed E-state index contributed by atoms with van der Waals surface area (Å²) < 4.78 is 10.7. The van der Waals surface area contributed by atoms with Crippen molar-refractivity contribution in [1.82, 2.24) is 15.1 Å². The Morgan fingerprint density at radius 3 is 2.56 bits per heavy atom. The van der Waals surface area contributed by atoms with Crippen LogP contribution in [-0.4, -0.2) is 87.2 Å². The molecule has 3 rings (SSSR count). The largest absolute Gasteiger partial charge is 0.384 e. The normalized spacial score (nSPS) is 26.5. The van der Waals surface area contributed by atoms with E-state index in [1.54, 1.807) is 19.1 Å². The molecule has 3 saturated heterocycles. The Bertz CT molecular complexity index is 535. The van der Waals surface area contributed by atoms with Crippen molar-refractivity contribution in [2.45, 2.75) is 25.3 Å². The number of ether oxygens (including phenoxy) is 2. The second kappa shape index (κ2) is 7.29. The van der Waals surface area contributed by atoms with Gasteiger partial charge in [-0.15, -0.1) is 0 Å². The minimum atomic E-state index is -0.502. The van der Waals surface area contributed by atoms with Gasteiger partial charge in [0, 0.05) is 53.4 Å². The van der Waals surface area contributed by atoms with Crippen LogP contribution in [0.4, 0.5) is 0 Å². The number of hydrogen-bond donors (Lipinski definition) is 1. The zero-order valence-electron chi connectivity index (χ0n) is 15.0. The lowest BCUT2D eigenvalue weighted by Crippen LogP contribution is -2.65. The van der Waals surface area contributed by atoms with Crippen LogP contribution in [0.5, 0.6) is 0 Å². The van der Waals surface area contributed by atoms with Gasteiger partial charge in [0.15, 0.2) is 0 Å². The summed E-state index contributed by atoms with van der Waals surface area (Å²) >= 11 is 0. The van der Waals surface area contributed by atoms with E-state index in [1.807, 2.05) is 4.90 Å². The quantitative estimate of drug-likeness (QED) is 0.702. The summed E-state index contributed by atoms with van der Waals surface area (Å²) in [7, 11) is 3.20. The Morgan fingerprint density at radius 1 is 1.28 bits per heavy atom. The molecule has 1 unspecified atom stereocenters. The van der Waals surface area contributed by atoms with Gasteiger partial charge >= 0.3 is 0 Å². The van der Waals surface area contributed by atoms with Crippen molar-refractivity contribution >= 4 is 17.7 Å². The van der Waals surface area contributed by atoms with Crippen LogP contribution in [0.25, 0.3) is 0 Å². The molecule has 0 saturated carbocycles. The van der Waals surface area contributed by atoms with E-state index in [1.165, 1.54) is 0 Å². The first-order valence-electron chi connectivity index (χ1n) is 8.88. The van der Waals surface area contributed by atoms with E-state index in [-0.39, 0.29) is 36.1 Å².